The molecular weight excluding hydrogens is 422 g/mol. The minimum atomic E-state index is -0.849. The van der Waals surface area contributed by atoms with Gasteiger partial charge in [-0.1, -0.05) is 18.0 Å². The van der Waals surface area contributed by atoms with Crippen molar-refractivity contribution < 1.29 is 28.8 Å². The van der Waals surface area contributed by atoms with Crippen molar-refractivity contribution in [1.29, 1.82) is 0 Å². The van der Waals surface area contributed by atoms with Crippen LogP contribution in [0.25, 0.3) is 0 Å². The lowest BCUT2D eigenvalue weighted by Gasteiger charge is -2.40. The Morgan fingerprint density at radius 3 is 2.19 bits per heavy atom. The van der Waals surface area contributed by atoms with Crippen LogP contribution >= 0.6 is 11.6 Å². The van der Waals surface area contributed by atoms with E-state index in [9.17, 15) is 9.90 Å². The second-order valence-electron chi connectivity index (χ2n) is 7.34. The largest absolute Gasteiger partial charge is 0.496 e. The van der Waals surface area contributed by atoms with E-state index in [0.29, 0.717) is 41.0 Å². The number of methoxy groups -OCH3 is 4. The Bertz CT molecular complexity index is 909. The van der Waals surface area contributed by atoms with Gasteiger partial charge in [0, 0.05) is 10.6 Å². The maximum atomic E-state index is 12.1. The molecule has 0 aliphatic carbocycles. The van der Waals surface area contributed by atoms with Crippen molar-refractivity contribution in [2.45, 2.75) is 31.3 Å². The van der Waals surface area contributed by atoms with Gasteiger partial charge in [-0.05, 0) is 55.3 Å². The van der Waals surface area contributed by atoms with Gasteiger partial charge in [0.15, 0.2) is 11.5 Å². The van der Waals surface area contributed by atoms with Crippen LogP contribution in [0.3, 0.4) is 0 Å². The van der Waals surface area contributed by atoms with Gasteiger partial charge in [-0.3, -0.25) is 9.69 Å². The van der Waals surface area contributed by atoms with Crippen molar-refractivity contribution in [2.24, 2.45) is 0 Å². The Morgan fingerprint density at radius 1 is 1.00 bits per heavy atom. The molecule has 0 aromatic heterocycles. The van der Waals surface area contributed by atoms with E-state index in [1.54, 1.807) is 40.6 Å². The van der Waals surface area contributed by atoms with Gasteiger partial charge in [0.25, 0.3) is 0 Å². The number of carboxylic acid groups (broad SMARTS) is 1. The van der Waals surface area contributed by atoms with Crippen LogP contribution in [0.1, 0.15) is 36.4 Å². The highest BCUT2D eigenvalue weighted by Crippen LogP contribution is 2.45. The third-order valence-corrected chi connectivity index (χ3v) is 5.89. The minimum Gasteiger partial charge on any atom is -0.496 e. The molecule has 2 atom stereocenters. The van der Waals surface area contributed by atoms with Crippen molar-refractivity contribution in [3.63, 3.8) is 0 Å². The first kappa shape index (κ1) is 23.0. The van der Waals surface area contributed by atoms with Crippen LogP contribution in [0.2, 0.25) is 5.02 Å². The van der Waals surface area contributed by atoms with Gasteiger partial charge in [0.1, 0.15) is 11.8 Å². The molecule has 7 nitrogen and oxygen atoms in total. The molecule has 2 aromatic rings. The summed E-state index contributed by atoms with van der Waals surface area (Å²) in [5.74, 6) is 1.23. The van der Waals surface area contributed by atoms with Crippen LogP contribution in [0.15, 0.2) is 30.3 Å². The second kappa shape index (κ2) is 10.1. The van der Waals surface area contributed by atoms with Crippen molar-refractivity contribution in [2.75, 3.05) is 35.0 Å². The first-order valence-electron chi connectivity index (χ1n) is 10.1. The molecule has 168 valence electrons. The number of ether oxygens (including phenoxy) is 4. The second-order valence-corrected chi connectivity index (χ2v) is 7.77. The maximum absolute atomic E-state index is 12.1. The molecule has 0 amide bonds. The molecule has 3 rings (SSSR count). The summed E-state index contributed by atoms with van der Waals surface area (Å²) < 4.78 is 22.2. The molecule has 31 heavy (non-hydrogen) atoms. The third-order valence-electron chi connectivity index (χ3n) is 5.65. The van der Waals surface area contributed by atoms with Crippen LogP contribution in [0.4, 0.5) is 0 Å². The SMILES string of the molecule is COc1ccc(Cl)cc1C(c1cc(OC)c(OC)c(OC)c1)N1CCCCC1C(=O)O. The quantitative estimate of drug-likeness (QED) is 0.639. The molecule has 2 aromatic carbocycles. The molecule has 1 fully saturated rings. The van der Waals surface area contributed by atoms with Gasteiger partial charge in [-0.15, -0.1) is 0 Å². The number of halogens is 1. The normalized spacial score (nSPS) is 17.6. The number of likely N-dealkylation sites (tertiary alicyclic amines) is 1. The zero-order valence-electron chi connectivity index (χ0n) is 18.2. The summed E-state index contributed by atoms with van der Waals surface area (Å²) in [6.45, 7) is 0.619. The summed E-state index contributed by atoms with van der Waals surface area (Å²) in [5, 5.41) is 10.5. The standard InChI is InChI=1S/C23H28ClNO6/c1-28-18-9-8-15(24)13-16(18)21(25-10-6-5-7-17(25)23(26)27)14-11-19(29-2)22(31-4)20(12-14)30-3/h8-9,11-13,17,21H,5-7,10H2,1-4H3,(H,26,27). The number of hydrogen-bond donors (Lipinski definition) is 1. The first-order chi connectivity index (χ1) is 14.9. The molecule has 0 radical (unpaired) electrons. The third kappa shape index (κ3) is 4.67. The minimum absolute atomic E-state index is 0.441. The highest BCUT2D eigenvalue weighted by molar-refractivity contribution is 6.30. The zero-order chi connectivity index (χ0) is 22.5. The summed E-state index contributed by atoms with van der Waals surface area (Å²) >= 11 is 6.35. The summed E-state index contributed by atoms with van der Waals surface area (Å²) in [6, 6.07) is 7.98. The lowest BCUT2D eigenvalue weighted by atomic mass is 9.90. The predicted octanol–water partition coefficient (Wildman–Crippen LogP) is 4.40. The number of nitrogens with zero attached hydrogens (tertiary/aromatic N) is 1. The highest BCUT2D eigenvalue weighted by atomic mass is 35.5. The molecule has 1 saturated heterocycles. The van der Waals surface area contributed by atoms with E-state index >= 15 is 0 Å². The van der Waals surface area contributed by atoms with E-state index in [-0.39, 0.29) is 0 Å². The van der Waals surface area contributed by atoms with Crippen molar-refractivity contribution in [3.05, 3.63) is 46.5 Å². The van der Waals surface area contributed by atoms with Crippen LogP contribution in [0, 0.1) is 0 Å². The average Bonchev–Trinajstić information content (AvgIpc) is 2.78. The van der Waals surface area contributed by atoms with E-state index in [2.05, 4.69) is 0 Å². The molecule has 8 heteroatoms. The van der Waals surface area contributed by atoms with Gasteiger partial charge >= 0.3 is 5.97 Å². The summed E-state index contributed by atoms with van der Waals surface area (Å²) in [7, 11) is 6.24. The summed E-state index contributed by atoms with van der Waals surface area (Å²) in [6.07, 6.45) is 2.33. The lowest BCUT2D eigenvalue weighted by Crippen LogP contribution is -2.47. The van der Waals surface area contributed by atoms with Gasteiger partial charge in [-0.2, -0.15) is 0 Å². The Labute approximate surface area is 187 Å². The van der Waals surface area contributed by atoms with E-state index in [1.165, 1.54) is 0 Å². The number of hydrogen-bond acceptors (Lipinski definition) is 6. The molecule has 1 aliphatic heterocycles. The number of carboxylic acids is 1. The number of piperidine rings is 1. The molecule has 0 saturated carbocycles. The molecule has 1 N–H and O–H groups in total. The fourth-order valence-electron chi connectivity index (χ4n) is 4.26. The summed E-state index contributed by atoms with van der Waals surface area (Å²) in [4.78, 5) is 14.1. The monoisotopic (exact) mass is 449 g/mol. The number of aliphatic carboxylic acids is 1. The molecule has 2 unspecified atom stereocenters. The van der Waals surface area contributed by atoms with Crippen LogP contribution in [-0.4, -0.2) is 57.0 Å². The van der Waals surface area contributed by atoms with Gasteiger partial charge in [-0.25, -0.2) is 0 Å². The molecule has 1 aliphatic rings. The van der Waals surface area contributed by atoms with Crippen LogP contribution < -0.4 is 18.9 Å². The number of benzene rings is 2. The lowest BCUT2D eigenvalue weighted by molar-refractivity contribution is -0.145. The molecule has 1 heterocycles. The molecule has 0 spiro atoms. The number of rotatable bonds is 8. The van der Waals surface area contributed by atoms with E-state index in [1.807, 2.05) is 23.1 Å². The van der Waals surface area contributed by atoms with Gasteiger partial charge in [0.2, 0.25) is 5.75 Å². The zero-order valence-corrected chi connectivity index (χ0v) is 18.9. The van der Waals surface area contributed by atoms with Crippen LogP contribution in [-0.2, 0) is 4.79 Å². The number of carbonyl (C=O) groups is 1. The fraction of sp³-hybridized carbons (Fsp3) is 0.435. The van der Waals surface area contributed by atoms with Crippen LogP contribution in [0.5, 0.6) is 23.0 Å². The van der Waals surface area contributed by atoms with Crippen molar-refractivity contribution in [1.82, 2.24) is 4.90 Å². The van der Waals surface area contributed by atoms with E-state index in [4.69, 9.17) is 30.5 Å². The average molecular weight is 450 g/mol. The van der Waals surface area contributed by atoms with E-state index < -0.39 is 18.1 Å². The Balaban J connectivity index is 2.27. The first-order valence-corrected chi connectivity index (χ1v) is 10.4. The fourth-order valence-corrected chi connectivity index (χ4v) is 4.44. The predicted molar refractivity (Wildman–Crippen MR) is 118 cm³/mol. The van der Waals surface area contributed by atoms with Crippen molar-refractivity contribution in [3.8, 4) is 23.0 Å². The van der Waals surface area contributed by atoms with E-state index in [0.717, 1.165) is 24.0 Å². The maximum Gasteiger partial charge on any atom is 0.320 e. The Kier molecular flexibility index (Phi) is 7.51. The van der Waals surface area contributed by atoms with Gasteiger partial charge < -0.3 is 24.1 Å². The Morgan fingerprint density at radius 2 is 1.65 bits per heavy atom. The smallest absolute Gasteiger partial charge is 0.320 e. The Hall–Kier alpha value is -2.64. The van der Waals surface area contributed by atoms with Crippen molar-refractivity contribution >= 4 is 17.6 Å². The molecular formula is C23H28ClNO6. The van der Waals surface area contributed by atoms with Gasteiger partial charge in [0.05, 0.1) is 34.5 Å². The molecule has 0 bridgehead atoms. The topological polar surface area (TPSA) is 77.5 Å². The highest BCUT2D eigenvalue weighted by Gasteiger charge is 2.37. The summed E-state index contributed by atoms with van der Waals surface area (Å²) in [5.41, 5.74) is 1.57.